The molecule has 1 aliphatic heterocycles. The molecule has 4 aromatic rings. The van der Waals surface area contributed by atoms with Crippen molar-refractivity contribution in [2.24, 2.45) is 7.05 Å². The number of nitrogens with zero attached hydrogens (tertiary/aromatic N) is 5. The third kappa shape index (κ3) is 4.14. The van der Waals surface area contributed by atoms with E-state index < -0.39 is 11.7 Å². The number of ether oxygens (including phenoxy) is 1. The second-order valence-corrected chi connectivity index (χ2v) is 9.18. The summed E-state index contributed by atoms with van der Waals surface area (Å²) in [4.78, 5) is 24.5. The normalized spacial score (nSPS) is 18.3. The van der Waals surface area contributed by atoms with Gasteiger partial charge >= 0.3 is 6.01 Å². The van der Waals surface area contributed by atoms with E-state index in [4.69, 9.17) is 4.74 Å². The smallest absolute Gasteiger partial charge is 0.316 e. The molecule has 3 heterocycles. The summed E-state index contributed by atoms with van der Waals surface area (Å²) in [5.41, 5.74) is 3.18. The van der Waals surface area contributed by atoms with Crippen LogP contribution in [0.4, 0.5) is 15.8 Å². The van der Waals surface area contributed by atoms with Crippen molar-refractivity contribution in [2.75, 3.05) is 30.4 Å². The van der Waals surface area contributed by atoms with E-state index in [-0.39, 0.29) is 11.5 Å². The number of halogens is 1. The van der Waals surface area contributed by atoms with Crippen LogP contribution < -0.4 is 20.3 Å². The van der Waals surface area contributed by atoms with Gasteiger partial charge in [-0.25, -0.2) is 9.37 Å². The molecular weight excluding hydrogens is 449 g/mol. The number of rotatable bonds is 4. The first kappa shape index (κ1) is 23.0. The molecule has 1 saturated heterocycles. The second kappa shape index (κ2) is 8.77. The number of anilines is 2. The minimum absolute atomic E-state index is 0.171. The first-order valence-corrected chi connectivity index (χ1v) is 11.5. The number of nitrogens with one attached hydrogen (secondary N) is 2. The fourth-order valence-corrected chi connectivity index (χ4v) is 4.88. The first-order valence-electron chi connectivity index (χ1n) is 11.5. The van der Waals surface area contributed by atoms with Crippen LogP contribution in [-0.2, 0) is 7.05 Å². The van der Waals surface area contributed by atoms with Crippen LogP contribution in [-0.4, -0.2) is 57.9 Å². The van der Waals surface area contributed by atoms with E-state index in [0.29, 0.717) is 34.2 Å². The topological polar surface area (TPSA) is 97.2 Å². The third-order valence-corrected chi connectivity index (χ3v) is 6.41. The van der Waals surface area contributed by atoms with E-state index in [1.807, 2.05) is 13.0 Å². The Labute approximate surface area is 202 Å². The molecule has 10 heteroatoms. The van der Waals surface area contributed by atoms with Gasteiger partial charge in [0.05, 0.1) is 18.2 Å². The third-order valence-electron chi connectivity index (χ3n) is 6.41. The molecule has 0 aliphatic carbocycles. The summed E-state index contributed by atoms with van der Waals surface area (Å²) in [5.74, 6) is -0.886. The molecule has 9 nitrogen and oxygen atoms in total. The number of hydrogen-bond donors (Lipinski definition) is 2. The van der Waals surface area contributed by atoms with Crippen LogP contribution in [0.25, 0.3) is 21.8 Å². The van der Waals surface area contributed by atoms with Gasteiger partial charge in [0.1, 0.15) is 5.52 Å². The van der Waals surface area contributed by atoms with Gasteiger partial charge in [-0.05, 0) is 38.5 Å². The maximum atomic E-state index is 14.7. The number of benzene rings is 2. The maximum Gasteiger partial charge on any atom is 0.316 e. The largest absolute Gasteiger partial charge is 0.467 e. The summed E-state index contributed by atoms with van der Waals surface area (Å²) >= 11 is 0. The standard InChI is InChI=1S/C25H28FN7O2/c1-13-10-33(11-14(2)28-13)21-7-6-16(22-17(21)9-27-25(30-22)35-5)24(34)29-20-8-19(26)23-18(15(20)3)12-32(4)31-23/h6-9,12-14,28H,10-11H2,1-5H3,(H,29,34)/t13-,14+. The molecule has 2 aromatic heterocycles. The lowest BCUT2D eigenvalue weighted by Gasteiger charge is -2.38. The number of fused-ring (bicyclic) bond motifs is 2. The van der Waals surface area contributed by atoms with Crippen LogP contribution in [0.3, 0.4) is 0 Å². The minimum atomic E-state index is -0.493. The predicted octanol–water partition coefficient (Wildman–Crippen LogP) is 3.41. The van der Waals surface area contributed by atoms with E-state index in [2.05, 4.69) is 44.4 Å². The number of hydrogen-bond acceptors (Lipinski definition) is 7. The number of piperazine rings is 1. The second-order valence-electron chi connectivity index (χ2n) is 9.18. The number of aryl methyl sites for hydroxylation is 2. The first-order chi connectivity index (χ1) is 16.7. The van der Waals surface area contributed by atoms with Gasteiger partial charge in [0, 0.05) is 72.8 Å². The molecule has 2 atom stereocenters. The van der Waals surface area contributed by atoms with Crippen LogP contribution in [0.5, 0.6) is 6.01 Å². The Morgan fingerprint density at radius 3 is 2.66 bits per heavy atom. The molecule has 0 spiro atoms. The van der Waals surface area contributed by atoms with Crippen molar-refractivity contribution >= 4 is 39.1 Å². The van der Waals surface area contributed by atoms with Crippen molar-refractivity contribution in [2.45, 2.75) is 32.9 Å². The molecule has 35 heavy (non-hydrogen) atoms. The number of carbonyl (C=O) groups excluding carboxylic acids is 1. The summed E-state index contributed by atoms with van der Waals surface area (Å²) in [6, 6.07) is 5.79. The highest BCUT2D eigenvalue weighted by atomic mass is 19.1. The summed E-state index contributed by atoms with van der Waals surface area (Å²) in [5, 5.41) is 12.0. The zero-order valence-corrected chi connectivity index (χ0v) is 20.4. The van der Waals surface area contributed by atoms with Gasteiger partial charge < -0.3 is 20.3 Å². The average molecular weight is 478 g/mol. The Kier molecular flexibility index (Phi) is 5.76. The molecule has 0 saturated carbocycles. The van der Waals surface area contributed by atoms with Crippen molar-refractivity contribution in [3.8, 4) is 6.01 Å². The molecule has 182 valence electrons. The highest BCUT2D eigenvalue weighted by molar-refractivity contribution is 6.14. The van der Waals surface area contributed by atoms with Gasteiger partial charge in [-0.1, -0.05) is 0 Å². The quantitative estimate of drug-likeness (QED) is 0.465. The summed E-state index contributed by atoms with van der Waals surface area (Å²) in [6.45, 7) is 7.76. The lowest BCUT2D eigenvalue weighted by Crippen LogP contribution is -2.54. The number of amides is 1. The molecule has 0 unspecified atom stereocenters. The molecular formula is C25H28FN7O2. The van der Waals surface area contributed by atoms with Crippen LogP contribution in [0.2, 0.25) is 0 Å². The molecule has 1 fully saturated rings. The fourth-order valence-electron chi connectivity index (χ4n) is 4.88. The van der Waals surface area contributed by atoms with Gasteiger partial charge in [0.25, 0.3) is 5.91 Å². The van der Waals surface area contributed by atoms with Gasteiger partial charge in [0.15, 0.2) is 5.82 Å². The monoisotopic (exact) mass is 477 g/mol. The van der Waals surface area contributed by atoms with Crippen molar-refractivity contribution < 1.29 is 13.9 Å². The van der Waals surface area contributed by atoms with Crippen LogP contribution in [0.1, 0.15) is 29.8 Å². The number of carbonyl (C=O) groups is 1. The van der Waals surface area contributed by atoms with E-state index >= 15 is 0 Å². The minimum Gasteiger partial charge on any atom is -0.467 e. The highest BCUT2D eigenvalue weighted by Gasteiger charge is 2.25. The summed E-state index contributed by atoms with van der Waals surface area (Å²) in [7, 11) is 3.22. The maximum absolute atomic E-state index is 14.7. The molecule has 5 rings (SSSR count). The number of methoxy groups -OCH3 is 1. The van der Waals surface area contributed by atoms with E-state index in [1.165, 1.54) is 13.2 Å². The number of aromatic nitrogens is 4. The molecule has 1 amide bonds. The molecule has 2 aromatic carbocycles. The van der Waals surface area contributed by atoms with E-state index in [0.717, 1.165) is 29.7 Å². The van der Waals surface area contributed by atoms with Crippen LogP contribution in [0, 0.1) is 12.7 Å². The molecule has 1 aliphatic rings. The van der Waals surface area contributed by atoms with Gasteiger partial charge in [0.2, 0.25) is 0 Å². The zero-order chi connectivity index (χ0) is 24.9. The summed E-state index contributed by atoms with van der Waals surface area (Å²) in [6.07, 6.45) is 3.43. The fraction of sp³-hybridized carbons (Fsp3) is 0.360. The van der Waals surface area contributed by atoms with Crippen molar-refractivity contribution in [3.05, 3.63) is 47.5 Å². The highest BCUT2D eigenvalue weighted by Crippen LogP contribution is 2.32. The Hall–Kier alpha value is -3.79. The Bertz CT molecular complexity index is 1440. The van der Waals surface area contributed by atoms with Gasteiger partial charge in [-0.3, -0.25) is 9.48 Å². The van der Waals surface area contributed by atoms with E-state index in [9.17, 15) is 9.18 Å². The Balaban J connectivity index is 1.57. The molecule has 0 radical (unpaired) electrons. The van der Waals surface area contributed by atoms with Crippen molar-refractivity contribution in [1.82, 2.24) is 25.1 Å². The molecule has 0 bridgehead atoms. The van der Waals surface area contributed by atoms with E-state index in [1.54, 1.807) is 30.2 Å². The lowest BCUT2D eigenvalue weighted by molar-refractivity contribution is 0.102. The average Bonchev–Trinajstić information content (AvgIpc) is 3.23. The predicted molar refractivity (Wildman–Crippen MR) is 134 cm³/mol. The Morgan fingerprint density at radius 2 is 1.94 bits per heavy atom. The SMILES string of the molecule is COc1ncc2c(N3C[C@@H](C)N[C@@H](C)C3)ccc(C(=O)Nc3cc(F)c4nn(C)cc4c3C)c2n1. The van der Waals surface area contributed by atoms with Crippen molar-refractivity contribution in [1.29, 1.82) is 0 Å². The van der Waals surface area contributed by atoms with Crippen LogP contribution >= 0.6 is 0 Å². The van der Waals surface area contributed by atoms with Gasteiger partial charge in [-0.15, -0.1) is 0 Å². The van der Waals surface area contributed by atoms with Gasteiger partial charge in [-0.2, -0.15) is 10.1 Å². The summed E-state index contributed by atoms with van der Waals surface area (Å²) < 4.78 is 21.5. The molecule has 2 N–H and O–H groups in total. The lowest BCUT2D eigenvalue weighted by atomic mass is 10.0. The van der Waals surface area contributed by atoms with Crippen molar-refractivity contribution in [3.63, 3.8) is 0 Å². The zero-order valence-electron chi connectivity index (χ0n) is 20.4. The van der Waals surface area contributed by atoms with Crippen LogP contribution in [0.15, 0.2) is 30.6 Å². The Morgan fingerprint density at radius 1 is 1.20 bits per heavy atom.